The number of halogens is 1. The van der Waals surface area contributed by atoms with Crippen molar-refractivity contribution < 1.29 is 0 Å². The van der Waals surface area contributed by atoms with Crippen LogP contribution in [0, 0.1) is 0 Å². The Bertz CT molecular complexity index is 510. The molecule has 0 spiro atoms. The van der Waals surface area contributed by atoms with E-state index in [2.05, 4.69) is 54.7 Å². The quantitative estimate of drug-likeness (QED) is 0.730. The minimum absolute atomic E-state index is 0.461. The standard InChI is InChI=1S/C18H22ClN/c1-2-11-20-14-17(12-15-7-4-3-5-8-15)16-9-6-10-18(19)13-16/h3-10,13,17,20H,2,11-12,14H2,1H3. The molecule has 20 heavy (non-hydrogen) atoms. The van der Waals surface area contributed by atoms with Crippen LogP contribution in [0.5, 0.6) is 0 Å². The summed E-state index contributed by atoms with van der Waals surface area (Å²) in [6.07, 6.45) is 2.20. The Balaban J connectivity index is 2.11. The Morgan fingerprint density at radius 3 is 2.55 bits per heavy atom. The molecule has 0 heterocycles. The van der Waals surface area contributed by atoms with Crippen LogP contribution in [-0.4, -0.2) is 13.1 Å². The molecule has 2 heteroatoms. The lowest BCUT2D eigenvalue weighted by atomic mass is 9.92. The van der Waals surface area contributed by atoms with Gasteiger partial charge in [0, 0.05) is 17.5 Å². The molecule has 0 fully saturated rings. The largest absolute Gasteiger partial charge is 0.316 e. The van der Waals surface area contributed by atoms with E-state index in [1.807, 2.05) is 12.1 Å². The van der Waals surface area contributed by atoms with Gasteiger partial charge in [-0.1, -0.05) is 61.0 Å². The molecule has 0 radical (unpaired) electrons. The van der Waals surface area contributed by atoms with Crippen LogP contribution in [-0.2, 0) is 6.42 Å². The van der Waals surface area contributed by atoms with Gasteiger partial charge < -0.3 is 5.32 Å². The van der Waals surface area contributed by atoms with E-state index >= 15 is 0 Å². The maximum Gasteiger partial charge on any atom is 0.0408 e. The number of hydrogen-bond donors (Lipinski definition) is 1. The van der Waals surface area contributed by atoms with Gasteiger partial charge in [0.15, 0.2) is 0 Å². The molecule has 0 aliphatic heterocycles. The summed E-state index contributed by atoms with van der Waals surface area (Å²) >= 11 is 6.13. The second-order valence-corrected chi connectivity index (χ2v) is 5.58. The molecule has 2 rings (SSSR count). The van der Waals surface area contributed by atoms with Crippen LogP contribution in [0.15, 0.2) is 54.6 Å². The van der Waals surface area contributed by atoms with E-state index in [1.165, 1.54) is 11.1 Å². The highest BCUT2D eigenvalue weighted by Gasteiger charge is 2.12. The van der Waals surface area contributed by atoms with Gasteiger partial charge in [-0.05, 0) is 42.6 Å². The topological polar surface area (TPSA) is 12.0 Å². The molecule has 1 atom stereocenters. The molecule has 0 aliphatic rings. The first kappa shape index (κ1) is 15.1. The normalized spacial score (nSPS) is 12.3. The number of hydrogen-bond acceptors (Lipinski definition) is 1. The summed E-state index contributed by atoms with van der Waals surface area (Å²) < 4.78 is 0. The highest BCUT2D eigenvalue weighted by molar-refractivity contribution is 6.30. The molecular weight excluding hydrogens is 266 g/mol. The molecule has 0 bridgehead atoms. The molecule has 0 saturated carbocycles. The van der Waals surface area contributed by atoms with Crippen LogP contribution >= 0.6 is 11.6 Å². The predicted octanol–water partition coefficient (Wildman–Crippen LogP) is 4.67. The van der Waals surface area contributed by atoms with E-state index in [-0.39, 0.29) is 0 Å². The first-order valence-corrected chi connectivity index (χ1v) is 7.67. The maximum atomic E-state index is 6.13. The highest BCUT2D eigenvalue weighted by atomic mass is 35.5. The Morgan fingerprint density at radius 2 is 1.85 bits per heavy atom. The lowest BCUT2D eigenvalue weighted by molar-refractivity contribution is 0.576. The summed E-state index contributed by atoms with van der Waals surface area (Å²) in [5.41, 5.74) is 2.68. The summed E-state index contributed by atoms with van der Waals surface area (Å²) in [5.74, 6) is 0.461. The van der Waals surface area contributed by atoms with Gasteiger partial charge in [0.25, 0.3) is 0 Å². The average Bonchev–Trinajstić information content (AvgIpc) is 2.47. The van der Waals surface area contributed by atoms with Gasteiger partial charge in [0.05, 0.1) is 0 Å². The molecule has 0 amide bonds. The van der Waals surface area contributed by atoms with Gasteiger partial charge in [-0.25, -0.2) is 0 Å². The van der Waals surface area contributed by atoms with Crippen molar-refractivity contribution in [2.24, 2.45) is 0 Å². The van der Waals surface area contributed by atoms with E-state index in [1.54, 1.807) is 0 Å². The van der Waals surface area contributed by atoms with E-state index in [0.717, 1.165) is 31.0 Å². The molecule has 1 unspecified atom stereocenters. The molecular formula is C18H22ClN. The van der Waals surface area contributed by atoms with Crippen molar-refractivity contribution in [3.05, 3.63) is 70.7 Å². The van der Waals surface area contributed by atoms with E-state index in [0.29, 0.717) is 5.92 Å². The summed E-state index contributed by atoms with van der Waals surface area (Å²) in [6.45, 7) is 4.24. The van der Waals surface area contributed by atoms with E-state index < -0.39 is 0 Å². The van der Waals surface area contributed by atoms with Crippen molar-refractivity contribution >= 4 is 11.6 Å². The highest BCUT2D eigenvalue weighted by Crippen LogP contribution is 2.23. The average molecular weight is 288 g/mol. The van der Waals surface area contributed by atoms with E-state index in [9.17, 15) is 0 Å². The molecule has 2 aromatic carbocycles. The molecule has 106 valence electrons. The summed E-state index contributed by atoms with van der Waals surface area (Å²) in [6, 6.07) is 18.9. The smallest absolute Gasteiger partial charge is 0.0408 e. The Labute approximate surface area is 127 Å². The zero-order chi connectivity index (χ0) is 14.2. The fourth-order valence-corrected chi connectivity index (χ4v) is 2.62. The first-order valence-electron chi connectivity index (χ1n) is 7.29. The summed E-state index contributed by atoms with van der Waals surface area (Å²) in [5, 5.41) is 4.35. The van der Waals surface area contributed by atoms with Crippen LogP contribution < -0.4 is 5.32 Å². The number of benzene rings is 2. The van der Waals surface area contributed by atoms with Crippen molar-refractivity contribution in [1.29, 1.82) is 0 Å². The molecule has 0 aromatic heterocycles. The third-order valence-electron chi connectivity index (χ3n) is 3.46. The Kier molecular flexibility index (Phi) is 6.10. The fourth-order valence-electron chi connectivity index (χ4n) is 2.42. The van der Waals surface area contributed by atoms with Crippen LogP contribution in [0.4, 0.5) is 0 Å². The molecule has 0 aliphatic carbocycles. The summed E-state index contributed by atoms with van der Waals surface area (Å²) in [4.78, 5) is 0. The maximum absolute atomic E-state index is 6.13. The van der Waals surface area contributed by atoms with Gasteiger partial charge in [-0.3, -0.25) is 0 Å². The fraction of sp³-hybridized carbons (Fsp3) is 0.333. The van der Waals surface area contributed by atoms with Crippen molar-refractivity contribution in [3.63, 3.8) is 0 Å². The molecule has 1 nitrogen and oxygen atoms in total. The van der Waals surface area contributed by atoms with Gasteiger partial charge in [-0.2, -0.15) is 0 Å². The number of rotatable bonds is 7. The zero-order valence-corrected chi connectivity index (χ0v) is 12.7. The van der Waals surface area contributed by atoms with E-state index in [4.69, 9.17) is 11.6 Å². The minimum atomic E-state index is 0.461. The lowest BCUT2D eigenvalue weighted by Crippen LogP contribution is -2.23. The van der Waals surface area contributed by atoms with Gasteiger partial charge in [-0.15, -0.1) is 0 Å². The third kappa shape index (κ3) is 4.66. The second-order valence-electron chi connectivity index (χ2n) is 5.15. The van der Waals surface area contributed by atoms with Crippen molar-refractivity contribution in [1.82, 2.24) is 5.32 Å². The Morgan fingerprint density at radius 1 is 1.05 bits per heavy atom. The predicted molar refractivity (Wildman–Crippen MR) is 87.5 cm³/mol. The lowest BCUT2D eigenvalue weighted by Gasteiger charge is -2.18. The van der Waals surface area contributed by atoms with Gasteiger partial charge >= 0.3 is 0 Å². The molecule has 0 saturated heterocycles. The van der Waals surface area contributed by atoms with Crippen LogP contribution in [0.2, 0.25) is 5.02 Å². The SMILES string of the molecule is CCCNCC(Cc1ccccc1)c1cccc(Cl)c1. The van der Waals surface area contributed by atoms with Crippen LogP contribution in [0.3, 0.4) is 0 Å². The minimum Gasteiger partial charge on any atom is -0.316 e. The Hall–Kier alpha value is -1.31. The van der Waals surface area contributed by atoms with Gasteiger partial charge in [0.1, 0.15) is 0 Å². The van der Waals surface area contributed by atoms with Crippen LogP contribution in [0.25, 0.3) is 0 Å². The third-order valence-corrected chi connectivity index (χ3v) is 3.70. The van der Waals surface area contributed by atoms with Crippen molar-refractivity contribution in [2.75, 3.05) is 13.1 Å². The number of nitrogens with one attached hydrogen (secondary N) is 1. The van der Waals surface area contributed by atoms with Crippen molar-refractivity contribution in [3.8, 4) is 0 Å². The van der Waals surface area contributed by atoms with Gasteiger partial charge in [0.2, 0.25) is 0 Å². The van der Waals surface area contributed by atoms with Crippen LogP contribution in [0.1, 0.15) is 30.4 Å². The zero-order valence-electron chi connectivity index (χ0n) is 12.0. The van der Waals surface area contributed by atoms with Crippen molar-refractivity contribution in [2.45, 2.75) is 25.7 Å². The second kappa shape index (κ2) is 8.08. The summed E-state index contributed by atoms with van der Waals surface area (Å²) in [7, 11) is 0. The molecule has 2 aromatic rings. The first-order chi connectivity index (χ1) is 9.79. The monoisotopic (exact) mass is 287 g/mol. The molecule has 1 N–H and O–H groups in total.